The minimum absolute atomic E-state index is 0.0137. The highest BCUT2D eigenvalue weighted by atomic mass is 16.3. The largest absolute Gasteiger partial charge is 0.508 e. The van der Waals surface area contributed by atoms with Crippen LogP contribution in [0.5, 0.6) is 5.75 Å². The second-order valence-electron chi connectivity index (χ2n) is 7.87. The van der Waals surface area contributed by atoms with Crippen molar-refractivity contribution in [2.24, 2.45) is 14.1 Å². The average Bonchev–Trinajstić information content (AvgIpc) is 3.19. The molecule has 2 aromatic heterocycles. The van der Waals surface area contributed by atoms with E-state index in [1.807, 2.05) is 61.8 Å². The molecular formula is C22H27N5O2. The van der Waals surface area contributed by atoms with Gasteiger partial charge in [-0.25, -0.2) is 0 Å². The summed E-state index contributed by atoms with van der Waals surface area (Å²) in [4.78, 5) is 15.0. The van der Waals surface area contributed by atoms with Crippen molar-refractivity contribution in [3.05, 3.63) is 53.0 Å². The van der Waals surface area contributed by atoms with Crippen LogP contribution >= 0.6 is 0 Å². The van der Waals surface area contributed by atoms with Gasteiger partial charge < -0.3 is 10.0 Å². The average molecular weight is 393 g/mol. The molecule has 152 valence electrons. The Balaban J connectivity index is 1.50. The van der Waals surface area contributed by atoms with Crippen molar-refractivity contribution in [1.82, 2.24) is 24.5 Å². The van der Waals surface area contributed by atoms with Crippen LogP contribution in [0.15, 0.2) is 30.3 Å². The van der Waals surface area contributed by atoms with Crippen LogP contribution < -0.4 is 0 Å². The Morgan fingerprint density at radius 2 is 1.79 bits per heavy atom. The Bertz CT molecular complexity index is 1060. The third-order valence-electron chi connectivity index (χ3n) is 5.99. The van der Waals surface area contributed by atoms with Gasteiger partial charge in [0.1, 0.15) is 11.4 Å². The van der Waals surface area contributed by atoms with Crippen molar-refractivity contribution >= 4 is 5.91 Å². The maximum Gasteiger partial charge on any atom is 0.272 e. The second kappa shape index (κ2) is 7.39. The van der Waals surface area contributed by atoms with E-state index in [1.165, 1.54) is 0 Å². The molecule has 0 radical (unpaired) electrons. The number of nitrogens with zero attached hydrogens (tertiary/aromatic N) is 5. The number of amides is 1. The number of phenolic OH excluding ortho intramolecular Hbond substituents is 1. The van der Waals surface area contributed by atoms with Crippen molar-refractivity contribution in [3.63, 3.8) is 0 Å². The number of piperidine rings is 1. The highest BCUT2D eigenvalue weighted by molar-refractivity contribution is 5.94. The monoisotopic (exact) mass is 393 g/mol. The fourth-order valence-electron chi connectivity index (χ4n) is 4.29. The zero-order valence-electron chi connectivity index (χ0n) is 17.4. The van der Waals surface area contributed by atoms with Gasteiger partial charge in [-0.3, -0.25) is 14.2 Å². The van der Waals surface area contributed by atoms with E-state index < -0.39 is 0 Å². The molecule has 0 aliphatic carbocycles. The molecule has 1 aliphatic rings. The first kappa shape index (κ1) is 19.2. The molecule has 0 saturated carbocycles. The Kier molecular flexibility index (Phi) is 4.90. The number of benzene rings is 1. The van der Waals surface area contributed by atoms with Crippen LogP contribution in [-0.4, -0.2) is 48.6 Å². The molecule has 1 saturated heterocycles. The molecule has 1 fully saturated rings. The quantitative estimate of drug-likeness (QED) is 0.742. The number of hydrogen-bond acceptors (Lipinski definition) is 4. The molecule has 0 bridgehead atoms. The Morgan fingerprint density at radius 1 is 1.07 bits per heavy atom. The van der Waals surface area contributed by atoms with Crippen molar-refractivity contribution in [2.75, 3.05) is 13.1 Å². The van der Waals surface area contributed by atoms with E-state index in [4.69, 9.17) is 0 Å². The third-order valence-corrected chi connectivity index (χ3v) is 5.99. The Labute approximate surface area is 170 Å². The van der Waals surface area contributed by atoms with Crippen LogP contribution in [0.25, 0.3) is 11.3 Å². The van der Waals surface area contributed by atoms with Gasteiger partial charge >= 0.3 is 0 Å². The number of phenols is 1. The Hall–Kier alpha value is -3.09. The lowest BCUT2D eigenvalue weighted by atomic mass is 9.89. The van der Waals surface area contributed by atoms with Crippen LogP contribution in [0.3, 0.4) is 0 Å². The van der Waals surface area contributed by atoms with Gasteiger partial charge in [0.15, 0.2) is 0 Å². The first-order chi connectivity index (χ1) is 13.8. The second-order valence-corrected chi connectivity index (χ2v) is 7.87. The van der Waals surface area contributed by atoms with Gasteiger partial charge in [0.25, 0.3) is 5.91 Å². The zero-order chi connectivity index (χ0) is 20.7. The summed E-state index contributed by atoms with van der Waals surface area (Å²) >= 11 is 0. The highest BCUT2D eigenvalue weighted by Crippen LogP contribution is 2.31. The minimum atomic E-state index is 0.0137. The normalized spacial score (nSPS) is 15.1. The number of carbonyl (C=O) groups is 1. The van der Waals surface area contributed by atoms with E-state index in [2.05, 4.69) is 10.2 Å². The highest BCUT2D eigenvalue weighted by Gasteiger charge is 2.27. The van der Waals surface area contributed by atoms with Crippen LogP contribution in [0, 0.1) is 13.8 Å². The van der Waals surface area contributed by atoms with E-state index in [1.54, 1.807) is 10.7 Å². The first-order valence-corrected chi connectivity index (χ1v) is 9.98. The number of aromatic hydroxyl groups is 1. The van der Waals surface area contributed by atoms with E-state index in [0.717, 1.165) is 41.1 Å². The summed E-state index contributed by atoms with van der Waals surface area (Å²) < 4.78 is 3.51. The SMILES string of the molecule is Cc1nn(C)c(C)c1-c1cc(C(=O)N2CCC(c3cccc(O)c3)CC2)n(C)n1. The van der Waals surface area contributed by atoms with Crippen molar-refractivity contribution < 1.29 is 9.90 Å². The van der Waals surface area contributed by atoms with E-state index in [0.29, 0.717) is 30.5 Å². The molecule has 0 spiro atoms. The molecule has 7 heteroatoms. The van der Waals surface area contributed by atoms with Gasteiger partial charge in [-0.05, 0) is 56.4 Å². The first-order valence-electron chi connectivity index (χ1n) is 9.98. The van der Waals surface area contributed by atoms with Crippen molar-refractivity contribution in [1.29, 1.82) is 0 Å². The predicted molar refractivity (Wildman–Crippen MR) is 111 cm³/mol. The van der Waals surface area contributed by atoms with Crippen LogP contribution in [0.1, 0.15) is 46.2 Å². The molecule has 3 heterocycles. The molecule has 7 nitrogen and oxygen atoms in total. The summed E-state index contributed by atoms with van der Waals surface area (Å²) in [7, 11) is 3.73. The molecule has 29 heavy (non-hydrogen) atoms. The molecular weight excluding hydrogens is 366 g/mol. The minimum Gasteiger partial charge on any atom is -0.508 e. The number of aromatic nitrogens is 4. The van der Waals surface area contributed by atoms with Gasteiger partial charge in [0.05, 0.1) is 11.4 Å². The lowest BCUT2D eigenvalue weighted by Gasteiger charge is -2.32. The lowest BCUT2D eigenvalue weighted by Crippen LogP contribution is -2.38. The molecule has 0 atom stereocenters. The predicted octanol–water partition coefficient (Wildman–Crippen LogP) is 3.16. The van der Waals surface area contributed by atoms with Gasteiger partial charge in [-0.15, -0.1) is 0 Å². The summed E-state index contributed by atoms with van der Waals surface area (Å²) in [6.45, 7) is 5.37. The number of rotatable bonds is 3. The van der Waals surface area contributed by atoms with Gasteiger partial charge in [0.2, 0.25) is 0 Å². The smallest absolute Gasteiger partial charge is 0.272 e. The summed E-state index contributed by atoms with van der Waals surface area (Å²) in [5, 5.41) is 18.8. The van der Waals surface area contributed by atoms with Crippen LogP contribution in [0.2, 0.25) is 0 Å². The van der Waals surface area contributed by atoms with Gasteiger partial charge in [-0.2, -0.15) is 10.2 Å². The molecule has 1 aliphatic heterocycles. The summed E-state index contributed by atoms with van der Waals surface area (Å²) in [5.41, 5.74) is 5.46. The number of carbonyl (C=O) groups excluding carboxylic acids is 1. The molecule has 4 rings (SSSR count). The van der Waals surface area contributed by atoms with Crippen molar-refractivity contribution in [3.8, 4) is 17.0 Å². The summed E-state index contributed by atoms with van der Waals surface area (Å²) in [6.07, 6.45) is 1.78. The third kappa shape index (κ3) is 3.52. The maximum absolute atomic E-state index is 13.1. The fraction of sp³-hybridized carbons (Fsp3) is 0.409. The van der Waals surface area contributed by atoms with Gasteiger partial charge in [0, 0.05) is 38.4 Å². The summed E-state index contributed by atoms with van der Waals surface area (Å²) in [6, 6.07) is 9.32. The molecule has 1 aromatic carbocycles. The lowest BCUT2D eigenvalue weighted by molar-refractivity contribution is 0.0701. The van der Waals surface area contributed by atoms with Crippen LogP contribution in [-0.2, 0) is 14.1 Å². The molecule has 1 amide bonds. The number of aryl methyl sites for hydroxylation is 3. The topological polar surface area (TPSA) is 76.2 Å². The van der Waals surface area contributed by atoms with E-state index in [9.17, 15) is 9.90 Å². The standard InChI is InChI=1S/C22H27N5O2/c1-14-21(15(2)25(3)23-14)19-13-20(26(4)24-19)22(29)27-10-8-16(9-11-27)17-6-5-7-18(28)12-17/h5-7,12-13,16,28H,8-11H2,1-4H3. The van der Waals surface area contributed by atoms with E-state index >= 15 is 0 Å². The van der Waals surface area contributed by atoms with Crippen molar-refractivity contribution in [2.45, 2.75) is 32.6 Å². The fourth-order valence-corrected chi connectivity index (χ4v) is 4.29. The van der Waals surface area contributed by atoms with Gasteiger partial charge in [-0.1, -0.05) is 12.1 Å². The Morgan fingerprint density at radius 3 is 2.41 bits per heavy atom. The number of hydrogen-bond donors (Lipinski definition) is 1. The maximum atomic E-state index is 13.1. The molecule has 0 unspecified atom stereocenters. The van der Waals surface area contributed by atoms with E-state index in [-0.39, 0.29) is 5.91 Å². The molecule has 1 N–H and O–H groups in total. The number of likely N-dealkylation sites (tertiary alicyclic amines) is 1. The zero-order valence-corrected chi connectivity index (χ0v) is 17.4. The van der Waals surface area contributed by atoms with Crippen LogP contribution in [0.4, 0.5) is 0 Å². The molecule has 3 aromatic rings. The summed E-state index contributed by atoms with van der Waals surface area (Å²) in [5.74, 6) is 0.679.